The van der Waals surface area contributed by atoms with Gasteiger partial charge in [-0.05, 0) is 60.9 Å². The summed E-state index contributed by atoms with van der Waals surface area (Å²) in [5.41, 5.74) is 2.03. The molecule has 0 aliphatic heterocycles. The van der Waals surface area contributed by atoms with Crippen LogP contribution in [0.5, 0.6) is 5.75 Å². The van der Waals surface area contributed by atoms with Crippen LogP contribution in [-0.2, 0) is 32.8 Å². The van der Waals surface area contributed by atoms with Crippen LogP contribution in [0.2, 0.25) is 5.02 Å². The van der Waals surface area contributed by atoms with E-state index >= 15 is 0 Å². The predicted molar refractivity (Wildman–Crippen MR) is 154 cm³/mol. The largest absolute Gasteiger partial charge is 0.489 e. The monoisotopic (exact) mass is 571 g/mol. The molecule has 39 heavy (non-hydrogen) atoms. The van der Waals surface area contributed by atoms with Gasteiger partial charge >= 0.3 is 0 Å². The van der Waals surface area contributed by atoms with E-state index in [0.717, 1.165) is 28.1 Å². The molecule has 10 heteroatoms. The minimum absolute atomic E-state index is 0.0873. The maximum atomic E-state index is 13.6. The van der Waals surface area contributed by atoms with Crippen LogP contribution in [0, 0.1) is 0 Å². The summed E-state index contributed by atoms with van der Waals surface area (Å²) in [5, 5.41) is 3.30. The molecule has 0 bridgehead atoms. The van der Waals surface area contributed by atoms with Crippen molar-refractivity contribution >= 4 is 39.1 Å². The van der Waals surface area contributed by atoms with Gasteiger partial charge in [-0.3, -0.25) is 13.9 Å². The molecule has 0 unspecified atom stereocenters. The topological polar surface area (TPSA) is 96.0 Å². The zero-order chi connectivity index (χ0) is 28.4. The van der Waals surface area contributed by atoms with Gasteiger partial charge in [-0.2, -0.15) is 0 Å². The molecular weight excluding hydrogens is 538 g/mol. The van der Waals surface area contributed by atoms with Crippen molar-refractivity contribution in [3.05, 3.63) is 95.0 Å². The van der Waals surface area contributed by atoms with E-state index in [4.69, 9.17) is 16.3 Å². The normalized spacial score (nSPS) is 11.9. The lowest BCUT2D eigenvalue weighted by atomic mass is 10.1. The molecule has 0 heterocycles. The number of hydrogen-bond donors (Lipinski definition) is 1. The Labute approximate surface area is 235 Å². The van der Waals surface area contributed by atoms with Crippen LogP contribution in [0.1, 0.15) is 31.4 Å². The second kappa shape index (κ2) is 14.0. The van der Waals surface area contributed by atoms with E-state index in [0.29, 0.717) is 29.6 Å². The second-order valence-corrected chi connectivity index (χ2v) is 11.5. The summed E-state index contributed by atoms with van der Waals surface area (Å²) < 4.78 is 32.3. The van der Waals surface area contributed by atoms with Crippen LogP contribution in [0.3, 0.4) is 0 Å². The highest BCUT2D eigenvalue weighted by Gasteiger charge is 2.30. The van der Waals surface area contributed by atoms with Gasteiger partial charge in [-0.1, -0.05) is 61.0 Å². The Bertz CT molecular complexity index is 1350. The van der Waals surface area contributed by atoms with E-state index in [1.165, 1.54) is 4.90 Å². The van der Waals surface area contributed by atoms with Gasteiger partial charge in [0.2, 0.25) is 21.8 Å². The van der Waals surface area contributed by atoms with E-state index < -0.39 is 28.5 Å². The molecule has 1 N–H and O–H groups in total. The highest BCUT2D eigenvalue weighted by molar-refractivity contribution is 7.92. The molecule has 208 valence electrons. The van der Waals surface area contributed by atoms with Crippen molar-refractivity contribution in [1.82, 2.24) is 10.2 Å². The fourth-order valence-corrected chi connectivity index (χ4v) is 4.94. The number of nitrogens with one attached hydrogen (secondary N) is 1. The first-order valence-corrected chi connectivity index (χ1v) is 14.9. The van der Waals surface area contributed by atoms with Gasteiger partial charge in [-0.25, -0.2) is 8.42 Å². The van der Waals surface area contributed by atoms with E-state index in [1.54, 1.807) is 55.5 Å². The number of sulfonamides is 1. The Kier molecular flexibility index (Phi) is 10.8. The third-order valence-corrected chi connectivity index (χ3v) is 7.39. The number of anilines is 1. The lowest BCUT2D eigenvalue weighted by molar-refractivity contribution is -0.139. The fourth-order valence-electron chi connectivity index (χ4n) is 3.87. The summed E-state index contributed by atoms with van der Waals surface area (Å²) in [4.78, 5) is 27.7. The molecular formula is C29H34ClN3O5S. The number of ether oxygens (including phenoxy) is 1. The number of hydrogen-bond acceptors (Lipinski definition) is 5. The fraction of sp³-hybridized carbons (Fsp3) is 0.310. The molecule has 2 amide bonds. The smallest absolute Gasteiger partial charge is 0.244 e. The molecule has 0 aliphatic rings. The van der Waals surface area contributed by atoms with Gasteiger partial charge < -0.3 is 15.0 Å². The lowest BCUT2D eigenvalue weighted by Crippen LogP contribution is -2.51. The summed E-state index contributed by atoms with van der Waals surface area (Å²) in [6.07, 6.45) is 1.78. The predicted octanol–water partition coefficient (Wildman–Crippen LogP) is 4.63. The van der Waals surface area contributed by atoms with E-state index in [9.17, 15) is 18.0 Å². The Hall–Kier alpha value is -3.56. The van der Waals surface area contributed by atoms with Crippen molar-refractivity contribution in [3.63, 3.8) is 0 Å². The molecule has 1 atom stereocenters. The van der Waals surface area contributed by atoms with Crippen LogP contribution in [0.15, 0.2) is 78.9 Å². The highest BCUT2D eigenvalue weighted by Crippen LogP contribution is 2.23. The summed E-state index contributed by atoms with van der Waals surface area (Å²) in [6.45, 7) is 4.00. The molecule has 8 nitrogen and oxygen atoms in total. The second-order valence-electron chi connectivity index (χ2n) is 9.16. The number of rotatable bonds is 13. The Morgan fingerprint density at radius 3 is 2.26 bits per heavy atom. The zero-order valence-corrected chi connectivity index (χ0v) is 23.9. The zero-order valence-electron chi connectivity index (χ0n) is 22.3. The maximum absolute atomic E-state index is 13.6. The Morgan fingerprint density at radius 1 is 0.974 bits per heavy atom. The maximum Gasteiger partial charge on any atom is 0.244 e. The van der Waals surface area contributed by atoms with E-state index in [2.05, 4.69) is 5.32 Å². The molecule has 3 aromatic rings. The summed E-state index contributed by atoms with van der Waals surface area (Å²) in [6, 6.07) is 22.3. The molecule has 0 spiro atoms. The van der Waals surface area contributed by atoms with Crippen LogP contribution in [-0.4, -0.2) is 50.5 Å². The van der Waals surface area contributed by atoms with Gasteiger partial charge in [0.1, 0.15) is 24.9 Å². The van der Waals surface area contributed by atoms with Crippen LogP contribution in [0.25, 0.3) is 0 Å². The first-order valence-electron chi connectivity index (χ1n) is 12.6. The Balaban J connectivity index is 1.81. The number of nitrogens with zero attached hydrogens (tertiary/aromatic N) is 2. The average Bonchev–Trinajstić information content (AvgIpc) is 2.92. The van der Waals surface area contributed by atoms with Crippen molar-refractivity contribution < 1.29 is 22.7 Å². The first kappa shape index (κ1) is 30.0. The Morgan fingerprint density at radius 2 is 1.64 bits per heavy atom. The minimum atomic E-state index is -3.83. The third kappa shape index (κ3) is 9.01. The number of carbonyl (C=O) groups excluding carboxylic acids is 2. The standard InChI is InChI=1S/C29H34ClN3O5S/c1-4-17-31-29(35)22(2)32(19-24-11-8-12-25(30)18-24)28(34)20-33(39(3,36)37)26-13-15-27(16-14-26)38-21-23-9-6-5-7-10-23/h5-16,18,22H,4,17,19-21H2,1-3H3,(H,31,35)/t22-/m1/s1. The summed E-state index contributed by atoms with van der Waals surface area (Å²) in [5.74, 6) is -0.284. The average molecular weight is 572 g/mol. The molecule has 0 fully saturated rings. The summed E-state index contributed by atoms with van der Waals surface area (Å²) in [7, 11) is -3.83. The van der Waals surface area contributed by atoms with Gasteiger partial charge in [0.05, 0.1) is 11.9 Å². The third-order valence-electron chi connectivity index (χ3n) is 6.01. The van der Waals surface area contributed by atoms with Crippen LogP contribution >= 0.6 is 11.6 Å². The highest BCUT2D eigenvalue weighted by atomic mass is 35.5. The van der Waals surface area contributed by atoms with Gasteiger partial charge in [0, 0.05) is 18.1 Å². The van der Waals surface area contributed by atoms with Gasteiger partial charge in [-0.15, -0.1) is 0 Å². The molecule has 0 aliphatic carbocycles. The molecule has 0 saturated heterocycles. The van der Waals surface area contributed by atoms with E-state index in [-0.39, 0.29) is 12.5 Å². The van der Waals surface area contributed by atoms with Crippen molar-refractivity contribution in [2.24, 2.45) is 0 Å². The first-order chi connectivity index (χ1) is 18.6. The van der Waals surface area contributed by atoms with Crippen LogP contribution in [0.4, 0.5) is 5.69 Å². The quantitative estimate of drug-likeness (QED) is 0.323. The van der Waals surface area contributed by atoms with Gasteiger partial charge in [0.25, 0.3) is 0 Å². The number of halogens is 1. The number of carbonyl (C=O) groups is 2. The number of amides is 2. The van der Waals surface area contributed by atoms with Gasteiger partial charge in [0.15, 0.2) is 0 Å². The molecule has 0 saturated carbocycles. The summed E-state index contributed by atoms with van der Waals surface area (Å²) >= 11 is 6.13. The van der Waals surface area contributed by atoms with Crippen molar-refractivity contribution in [2.45, 2.75) is 39.5 Å². The van der Waals surface area contributed by atoms with Crippen molar-refractivity contribution in [2.75, 3.05) is 23.7 Å². The van der Waals surface area contributed by atoms with E-state index in [1.807, 2.05) is 37.3 Å². The minimum Gasteiger partial charge on any atom is -0.489 e. The molecule has 0 radical (unpaired) electrons. The molecule has 3 rings (SSSR count). The number of benzene rings is 3. The molecule has 3 aromatic carbocycles. The van der Waals surface area contributed by atoms with Crippen LogP contribution < -0.4 is 14.4 Å². The SMILES string of the molecule is CCCNC(=O)[C@@H](C)N(Cc1cccc(Cl)c1)C(=O)CN(c1ccc(OCc2ccccc2)cc1)S(C)(=O)=O. The lowest BCUT2D eigenvalue weighted by Gasteiger charge is -2.31. The van der Waals surface area contributed by atoms with Crippen molar-refractivity contribution in [1.29, 1.82) is 0 Å². The molecule has 0 aromatic heterocycles. The van der Waals surface area contributed by atoms with Crippen molar-refractivity contribution in [3.8, 4) is 5.75 Å².